The Labute approximate surface area is 77.3 Å². The highest BCUT2D eigenvalue weighted by molar-refractivity contribution is 5.86. The van der Waals surface area contributed by atoms with E-state index in [2.05, 4.69) is 19.1 Å². The van der Waals surface area contributed by atoms with Gasteiger partial charge in [-0.15, -0.1) is 0 Å². The van der Waals surface area contributed by atoms with Gasteiger partial charge in [-0.25, -0.2) is 0 Å². The van der Waals surface area contributed by atoms with Gasteiger partial charge in [0.05, 0.1) is 6.26 Å². The molecular weight excluding hydrogens is 162 g/mol. The van der Waals surface area contributed by atoms with Gasteiger partial charge in [-0.05, 0) is 25.0 Å². The van der Waals surface area contributed by atoms with Crippen LogP contribution in [0.2, 0.25) is 0 Å². The fraction of sp³-hybridized carbons (Fsp3) is 0.273. The Hall–Kier alpha value is -1.28. The van der Waals surface area contributed by atoms with Crippen molar-refractivity contribution in [1.82, 2.24) is 0 Å². The second-order valence-corrected chi connectivity index (χ2v) is 3.37. The van der Waals surface area contributed by atoms with E-state index in [9.17, 15) is 0 Å². The van der Waals surface area contributed by atoms with Gasteiger partial charge < -0.3 is 10.2 Å². The van der Waals surface area contributed by atoms with Crippen molar-refractivity contribution in [2.75, 3.05) is 0 Å². The molecule has 1 aromatic carbocycles. The molecule has 13 heavy (non-hydrogen) atoms. The normalized spacial score (nSPS) is 11.0. The first kappa shape index (κ1) is 8.32. The summed E-state index contributed by atoms with van der Waals surface area (Å²) in [5, 5.41) is 1.18. The topological polar surface area (TPSA) is 39.2 Å². The van der Waals surface area contributed by atoms with Gasteiger partial charge >= 0.3 is 0 Å². The van der Waals surface area contributed by atoms with Gasteiger partial charge in [-0.2, -0.15) is 0 Å². The Kier molecular flexibility index (Phi) is 1.85. The van der Waals surface area contributed by atoms with Crippen LogP contribution in [0.4, 0.5) is 0 Å². The molecule has 0 aliphatic rings. The molecule has 0 aliphatic heterocycles. The van der Waals surface area contributed by atoms with Crippen molar-refractivity contribution in [2.45, 2.75) is 20.4 Å². The minimum Gasteiger partial charge on any atom is -0.464 e. The van der Waals surface area contributed by atoms with Crippen molar-refractivity contribution in [1.29, 1.82) is 0 Å². The Balaban J connectivity index is 2.87. The van der Waals surface area contributed by atoms with Crippen molar-refractivity contribution in [3.8, 4) is 0 Å². The second-order valence-electron chi connectivity index (χ2n) is 3.37. The molecule has 0 saturated heterocycles. The lowest BCUT2D eigenvalue weighted by Crippen LogP contribution is -1.95. The molecule has 0 spiro atoms. The van der Waals surface area contributed by atoms with E-state index in [1.165, 1.54) is 16.5 Å². The minimum atomic E-state index is 0.539. The lowest BCUT2D eigenvalue weighted by Gasteiger charge is -1.99. The van der Waals surface area contributed by atoms with Gasteiger partial charge in [0, 0.05) is 17.5 Å². The summed E-state index contributed by atoms with van der Waals surface area (Å²) in [4.78, 5) is 0. The first-order valence-electron chi connectivity index (χ1n) is 4.40. The molecule has 2 aromatic rings. The number of nitrogens with two attached hydrogens (primary N) is 1. The maximum atomic E-state index is 5.62. The van der Waals surface area contributed by atoms with Gasteiger partial charge in [-0.3, -0.25) is 0 Å². The summed E-state index contributed by atoms with van der Waals surface area (Å²) in [5.41, 5.74) is 10.1. The molecular formula is C11H13NO. The second kappa shape index (κ2) is 2.89. The fourth-order valence-electron chi connectivity index (χ4n) is 1.68. The Morgan fingerprint density at radius 1 is 1.23 bits per heavy atom. The lowest BCUT2D eigenvalue weighted by atomic mass is 10.0. The average Bonchev–Trinajstić information content (AvgIpc) is 2.56. The summed E-state index contributed by atoms with van der Waals surface area (Å²) in [7, 11) is 0. The van der Waals surface area contributed by atoms with E-state index in [1.807, 2.05) is 6.92 Å². The predicted octanol–water partition coefficient (Wildman–Crippen LogP) is 2.51. The third-order valence-electron chi connectivity index (χ3n) is 2.42. The molecule has 0 amide bonds. The fourth-order valence-corrected chi connectivity index (χ4v) is 1.68. The van der Waals surface area contributed by atoms with E-state index < -0.39 is 0 Å². The zero-order valence-corrected chi connectivity index (χ0v) is 7.92. The van der Waals surface area contributed by atoms with Crippen LogP contribution >= 0.6 is 0 Å². The summed E-state index contributed by atoms with van der Waals surface area (Å²) in [6.45, 7) is 4.67. The van der Waals surface area contributed by atoms with Crippen LogP contribution in [0, 0.1) is 13.8 Å². The third kappa shape index (κ3) is 1.14. The molecule has 0 bridgehead atoms. The van der Waals surface area contributed by atoms with Crippen molar-refractivity contribution in [3.63, 3.8) is 0 Å². The summed E-state index contributed by atoms with van der Waals surface area (Å²) in [6.07, 6.45) is 1.75. The smallest absolute Gasteiger partial charge is 0.137 e. The quantitative estimate of drug-likeness (QED) is 0.723. The van der Waals surface area contributed by atoms with E-state index in [0.29, 0.717) is 6.54 Å². The molecule has 0 unspecified atom stereocenters. The zero-order chi connectivity index (χ0) is 9.42. The summed E-state index contributed by atoms with van der Waals surface area (Å²) in [6, 6.07) is 4.17. The number of hydrogen-bond acceptors (Lipinski definition) is 2. The molecule has 2 nitrogen and oxygen atoms in total. The molecule has 68 valence electrons. The van der Waals surface area contributed by atoms with Crippen LogP contribution in [0.25, 0.3) is 11.0 Å². The van der Waals surface area contributed by atoms with E-state index in [4.69, 9.17) is 10.2 Å². The largest absolute Gasteiger partial charge is 0.464 e. The molecule has 0 aliphatic carbocycles. The molecule has 0 radical (unpaired) electrons. The summed E-state index contributed by atoms with van der Waals surface area (Å²) in [5.74, 6) is 0. The van der Waals surface area contributed by atoms with Crippen molar-refractivity contribution in [2.24, 2.45) is 5.73 Å². The van der Waals surface area contributed by atoms with E-state index in [-0.39, 0.29) is 0 Å². The van der Waals surface area contributed by atoms with Crippen molar-refractivity contribution >= 4 is 11.0 Å². The van der Waals surface area contributed by atoms with Crippen LogP contribution in [0.3, 0.4) is 0 Å². The molecule has 1 aromatic heterocycles. The Bertz CT molecular complexity index is 443. The number of rotatable bonds is 1. The summed E-state index contributed by atoms with van der Waals surface area (Å²) < 4.78 is 5.47. The maximum Gasteiger partial charge on any atom is 0.137 e. The molecule has 2 rings (SSSR count). The number of fused-ring (bicyclic) bond motifs is 1. The average molecular weight is 175 g/mol. The van der Waals surface area contributed by atoms with Crippen molar-refractivity contribution in [3.05, 3.63) is 35.1 Å². The summed E-state index contributed by atoms with van der Waals surface area (Å²) >= 11 is 0. The van der Waals surface area contributed by atoms with Crippen LogP contribution in [0.5, 0.6) is 0 Å². The molecule has 0 atom stereocenters. The Morgan fingerprint density at radius 3 is 2.62 bits per heavy atom. The van der Waals surface area contributed by atoms with E-state index in [0.717, 1.165) is 11.1 Å². The molecule has 0 fully saturated rings. The number of benzene rings is 1. The highest BCUT2D eigenvalue weighted by Gasteiger charge is 2.08. The highest BCUT2D eigenvalue weighted by Crippen LogP contribution is 2.26. The monoisotopic (exact) mass is 175 g/mol. The number of furan rings is 1. The van der Waals surface area contributed by atoms with Crippen LogP contribution in [0.15, 0.2) is 22.8 Å². The first-order chi connectivity index (χ1) is 6.24. The molecule has 2 heteroatoms. The first-order valence-corrected chi connectivity index (χ1v) is 4.40. The van der Waals surface area contributed by atoms with Crippen molar-refractivity contribution < 1.29 is 4.42 Å². The number of hydrogen-bond donors (Lipinski definition) is 1. The molecule has 2 N–H and O–H groups in total. The van der Waals surface area contributed by atoms with Gasteiger partial charge in [0.25, 0.3) is 0 Å². The van der Waals surface area contributed by atoms with Crippen LogP contribution < -0.4 is 5.73 Å². The van der Waals surface area contributed by atoms with Gasteiger partial charge in [0.2, 0.25) is 0 Å². The van der Waals surface area contributed by atoms with Gasteiger partial charge in [0.15, 0.2) is 0 Å². The molecule has 0 saturated carbocycles. The SMILES string of the molecule is Cc1ccc(C)c2c(CN)coc12. The van der Waals surface area contributed by atoms with Crippen LogP contribution in [-0.4, -0.2) is 0 Å². The third-order valence-corrected chi connectivity index (χ3v) is 2.42. The van der Waals surface area contributed by atoms with Crippen LogP contribution in [-0.2, 0) is 6.54 Å². The zero-order valence-electron chi connectivity index (χ0n) is 7.92. The molecule has 1 heterocycles. The minimum absolute atomic E-state index is 0.539. The lowest BCUT2D eigenvalue weighted by molar-refractivity contribution is 0.608. The van der Waals surface area contributed by atoms with E-state index in [1.54, 1.807) is 6.26 Å². The van der Waals surface area contributed by atoms with Crippen LogP contribution in [0.1, 0.15) is 16.7 Å². The maximum absolute atomic E-state index is 5.62. The van der Waals surface area contributed by atoms with E-state index >= 15 is 0 Å². The highest BCUT2D eigenvalue weighted by atomic mass is 16.3. The number of aryl methyl sites for hydroxylation is 2. The Morgan fingerprint density at radius 2 is 1.92 bits per heavy atom. The van der Waals surface area contributed by atoms with Gasteiger partial charge in [-0.1, -0.05) is 12.1 Å². The van der Waals surface area contributed by atoms with Gasteiger partial charge in [0.1, 0.15) is 5.58 Å². The standard InChI is InChI=1S/C11H13NO/c1-7-3-4-8(2)11-10(7)9(5-12)6-13-11/h3-4,6H,5,12H2,1-2H3. The predicted molar refractivity (Wildman–Crippen MR) is 53.6 cm³/mol.